The topological polar surface area (TPSA) is 63.2 Å². The highest BCUT2D eigenvalue weighted by molar-refractivity contribution is 7.09. The van der Waals surface area contributed by atoms with Crippen molar-refractivity contribution in [2.45, 2.75) is 26.0 Å². The number of ether oxygens (including phenoxy) is 1. The van der Waals surface area contributed by atoms with E-state index in [0.29, 0.717) is 17.3 Å². The number of benzene rings is 1. The van der Waals surface area contributed by atoms with Crippen molar-refractivity contribution in [3.05, 3.63) is 45.9 Å². The number of carbonyl (C=O) groups excluding carboxylic acids is 1. The van der Waals surface area contributed by atoms with E-state index < -0.39 is 0 Å². The molecule has 0 saturated heterocycles. The Kier molecular flexibility index (Phi) is 6.03. The molecule has 0 bridgehead atoms. The zero-order chi connectivity index (χ0) is 15.9. The van der Waals surface area contributed by atoms with Gasteiger partial charge >= 0.3 is 6.03 Å². The number of halogens is 1. The third kappa shape index (κ3) is 4.89. The Morgan fingerprint density at radius 2 is 2.18 bits per heavy atom. The molecule has 7 heteroatoms. The number of rotatable bonds is 6. The number of aromatic nitrogens is 1. The van der Waals surface area contributed by atoms with Gasteiger partial charge in [0, 0.05) is 11.6 Å². The molecule has 2 rings (SSSR count). The van der Waals surface area contributed by atoms with Gasteiger partial charge in [-0.3, -0.25) is 0 Å². The summed E-state index contributed by atoms with van der Waals surface area (Å²) in [6.45, 7) is 4.14. The van der Waals surface area contributed by atoms with Gasteiger partial charge in [-0.05, 0) is 26.0 Å². The van der Waals surface area contributed by atoms with Crippen molar-refractivity contribution in [2.75, 3.05) is 6.54 Å². The second kappa shape index (κ2) is 8.00. The lowest BCUT2D eigenvalue weighted by molar-refractivity contribution is 0.206. The number of carbonyl (C=O) groups is 1. The molecule has 0 aliphatic rings. The molecule has 2 aromatic rings. The van der Waals surface area contributed by atoms with E-state index in [-0.39, 0.29) is 18.2 Å². The van der Waals surface area contributed by atoms with Gasteiger partial charge in [0.1, 0.15) is 16.9 Å². The summed E-state index contributed by atoms with van der Waals surface area (Å²) in [5, 5.41) is 8.91. The van der Waals surface area contributed by atoms with Crippen molar-refractivity contribution >= 4 is 29.0 Å². The largest absolute Gasteiger partial charge is 0.487 e. The van der Waals surface area contributed by atoms with Crippen molar-refractivity contribution in [2.24, 2.45) is 0 Å². The lowest BCUT2D eigenvalue weighted by atomic mass is 10.3. The minimum Gasteiger partial charge on any atom is -0.487 e. The van der Waals surface area contributed by atoms with Crippen molar-refractivity contribution in [3.63, 3.8) is 0 Å². The fourth-order valence-corrected chi connectivity index (χ4v) is 2.62. The summed E-state index contributed by atoms with van der Waals surface area (Å²) >= 11 is 7.53. The molecule has 0 radical (unpaired) electrons. The molecule has 0 aliphatic carbocycles. The average molecular weight is 340 g/mol. The number of nitrogens with zero attached hydrogens (tertiary/aromatic N) is 1. The summed E-state index contributed by atoms with van der Waals surface area (Å²) < 4.78 is 5.69. The van der Waals surface area contributed by atoms with Gasteiger partial charge in [-0.15, -0.1) is 11.3 Å². The van der Waals surface area contributed by atoms with Crippen molar-refractivity contribution in [3.8, 4) is 5.75 Å². The summed E-state index contributed by atoms with van der Waals surface area (Å²) in [4.78, 5) is 16.0. The van der Waals surface area contributed by atoms with E-state index in [4.69, 9.17) is 16.3 Å². The molecule has 22 heavy (non-hydrogen) atoms. The molecule has 5 nitrogen and oxygen atoms in total. The van der Waals surface area contributed by atoms with Gasteiger partial charge in [0.05, 0.1) is 17.6 Å². The predicted molar refractivity (Wildman–Crippen MR) is 88.6 cm³/mol. The lowest BCUT2D eigenvalue weighted by Gasteiger charge is -2.17. The van der Waals surface area contributed by atoms with E-state index in [1.165, 1.54) is 11.3 Å². The highest BCUT2D eigenvalue weighted by atomic mass is 35.5. The molecule has 0 spiro atoms. The van der Waals surface area contributed by atoms with Crippen LogP contribution in [0, 0.1) is 0 Å². The number of amides is 2. The average Bonchev–Trinajstić information content (AvgIpc) is 3.02. The summed E-state index contributed by atoms with van der Waals surface area (Å²) in [7, 11) is 0. The van der Waals surface area contributed by atoms with Crippen LogP contribution in [0.15, 0.2) is 35.8 Å². The number of hydrogen-bond donors (Lipinski definition) is 2. The fraction of sp³-hybridized carbons (Fsp3) is 0.333. The Morgan fingerprint density at radius 1 is 1.41 bits per heavy atom. The quantitative estimate of drug-likeness (QED) is 0.844. The number of thiazole rings is 1. The van der Waals surface area contributed by atoms with Crippen molar-refractivity contribution < 1.29 is 9.53 Å². The molecule has 1 aromatic carbocycles. The van der Waals surface area contributed by atoms with Crippen LogP contribution in [0.25, 0.3) is 0 Å². The summed E-state index contributed by atoms with van der Waals surface area (Å²) in [6, 6.07) is 6.87. The lowest BCUT2D eigenvalue weighted by Crippen LogP contribution is -2.41. The van der Waals surface area contributed by atoms with Gasteiger partial charge in [-0.2, -0.15) is 0 Å². The summed E-state index contributed by atoms with van der Waals surface area (Å²) in [5.74, 6) is 0.607. The van der Waals surface area contributed by atoms with Gasteiger partial charge in [-0.1, -0.05) is 23.7 Å². The monoisotopic (exact) mass is 339 g/mol. The van der Waals surface area contributed by atoms with Gasteiger partial charge in [-0.25, -0.2) is 9.78 Å². The van der Waals surface area contributed by atoms with Crippen LogP contribution in [0.5, 0.6) is 5.75 Å². The number of para-hydroxylation sites is 1. The van der Waals surface area contributed by atoms with E-state index in [2.05, 4.69) is 15.6 Å². The van der Waals surface area contributed by atoms with Crippen LogP contribution in [-0.2, 0) is 0 Å². The molecular formula is C15H18ClN3O2S. The van der Waals surface area contributed by atoms with Crippen LogP contribution in [0.1, 0.15) is 24.9 Å². The van der Waals surface area contributed by atoms with E-state index >= 15 is 0 Å². The first-order chi connectivity index (χ1) is 10.6. The highest BCUT2D eigenvalue weighted by Crippen LogP contribution is 2.24. The molecule has 118 valence electrons. The highest BCUT2D eigenvalue weighted by Gasteiger charge is 2.13. The zero-order valence-electron chi connectivity index (χ0n) is 12.4. The van der Waals surface area contributed by atoms with Gasteiger partial charge in [0.25, 0.3) is 0 Å². The zero-order valence-corrected chi connectivity index (χ0v) is 13.9. The molecule has 2 N–H and O–H groups in total. The molecule has 2 atom stereocenters. The maximum atomic E-state index is 11.8. The Hall–Kier alpha value is -1.79. The molecule has 2 amide bonds. The van der Waals surface area contributed by atoms with E-state index in [1.54, 1.807) is 18.3 Å². The van der Waals surface area contributed by atoms with Crippen LogP contribution >= 0.6 is 22.9 Å². The van der Waals surface area contributed by atoms with E-state index in [0.717, 1.165) is 5.01 Å². The molecule has 0 fully saturated rings. The first-order valence-electron chi connectivity index (χ1n) is 6.91. The van der Waals surface area contributed by atoms with Gasteiger partial charge < -0.3 is 15.4 Å². The van der Waals surface area contributed by atoms with Crippen molar-refractivity contribution in [1.82, 2.24) is 15.6 Å². The Morgan fingerprint density at radius 3 is 2.86 bits per heavy atom. The van der Waals surface area contributed by atoms with Gasteiger partial charge in [0.2, 0.25) is 0 Å². The molecule has 0 aliphatic heterocycles. The SMILES string of the molecule is CC(CNC(=O)NC(C)c1nccs1)Oc1ccccc1Cl. The van der Waals surface area contributed by atoms with Crippen LogP contribution in [0.3, 0.4) is 0 Å². The Bertz CT molecular complexity index is 607. The smallest absolute Gasteiger partial charge is 0.315 e. The summed E-state index contributed by atoms with van der Waals surface area (Å²) in [5.41, 5.74) is 0. The van der Waals surface area contributed by atoms with E-state index in [9.17, 15) is 4.79 Å². The standard InChI is InChI=1S/C15H18ClN3O2S/c1-10(21-13-6-4-3-5-12(13)16)9-18-15(20)19-11(2)14-17-7-8-22-14/h3-8,10-11H,9H2,1-2H3,(H2,18,19,20). The minimum atomic E-state index is -0.252. The maximum absolute atomic E-state index is 11.8. The van der Waals surface area contributed by atoms with Crippen LogP contribution in [-0.4, -0.2) is 23.7 Å². The number of hydrogen-bond acceptors (Lipinski definition) is 4. The number of nitrogens with one attached hydrogen (secondary N) is 2. The second-order valence-corrected chi connectivity index (χ2v) is 6.14. The first-order valence-corrected chi connectivity index (χ1v) is 8.17. The predicted octanol–water partition coefficient (Wildman–Crippen LogP) is 3.62. The Balaban J connectivity index is 1.75. The number of urea groups is 1. The summed E-state index contributed by atoms with van der Waals surface area (Å²) in [6.07, 6.45) is 1.52. The van der Waals surface area contributed by atoms with Crippen LogP contribution < -0.4 is 15.4 Å². The van der Waals surface area contributed by atoms with Crippen LogP contribution in [0.2, 0.25) is 5.02 Å². The molecule has 0 saturated carbocycles. The third-order valence-electron chi connectivity index (χ3n) is 2.88. The molecule has 2 unspecified atom stereocenters. The first kappa shape index (κ1) is 16.6. The normalized spacial score (nSPS) is 13.2. The second-order valence-electron chi connectivity index (χ2n) is 4.81. The van der Waals surface area contributed by atoms with E-state index in [1.807, 2.05) is 31.4 Å². The van der Waals surface area contributed by atoms with Gasteiger partial charge in [0.15, 0.2) is 0 Å². The maximum Gasteiger partial charge on any atom is 0.315 e. The third-order valence-corrected chi connectivity index (χ3v) is 4.15. The molecule has 1 aromatic heterocycles. The molecule has 1 heterocycles. The fourth-order valence-electron chi connectivity index (χ4n) is 1.79. The van der Waals surface area contributed by atoms with Crippen LogP contribution in [0.4, 0.5) is 4.79 Å². The van der Waals surface area contributed by atoms with Crippen molar-refractivity contribution in [1.29, 1.82) is 0 Å². The molecular weight excluding hydrogens is 322 g/mol. The minimum absolute atomic E-state index is 0.125. The Labute approximate surface area is 138 Å².